The summed E-state index contributed by atoms with van der Waals surface area (Å²) in [6.07, 6.45) is 8.15. The highest BCUT2D eigenvalue weighted by Crippen LogP contribution is 2.29. The van der Waals surface area contributed by atoms with Gasteiger partial charge in [-0.05, 0) is 62.7 Å². The number of hydrogen-bond acceptors (Lipinski definition) is 6. The second-order valence-corrected chi connectivity index (χ2v) is 8.04. The highest BCUT2D eigenvalue weighted by atomic mass is 16.6. The minimum atomic E-state index is 0.340. The topological polar surface area (TPSA) is 55.1 Å². The normalized spacial score (nSPS) is 20.2. The van der Waals surface area contributed by atoms with Crippen LogP contribution in [0.15, 0.2) is 41.5 Å². The molecule has 0 aliphatic carbocycles. The Morgan fingerprint density at radius 3 is 2.97 bits per heavy atom. The molecule has 1 fully saturated rings. The summed E-state index contributed by atoms with van der Waals surface area (Å²) in [5.41, 5.74) is 4.27. The van der Waals surface area contributed by atoms with Crippen LogP contribution in [0.2, 0.25) is 0 Å². The second kappa shape index (κ2) is 8.92. The van der Waals surface area contributed by atoms with E-state index in [0.29, 0.717) is 12.6 Å². The summed E-state index contributed by atoms with van der Waals surface area (Å²) in [6.45, 7) is 7.85. The number of aryl methyl sites for hydroxylation is 1. The number of piperidine rings is 1. The Morgan fingerprint density at radius 1 is 1.37 bits per heavy atom. The number of benzene rings is 1. The van der Waals surface area contributed by atoms with Crippen LogP contribution in [0.4, 0.5) is 0 Å². The Labute approximate surface area is 178 Å². The van der Waals surface area contributed by atoms with Crippen LogP contribution in [-0.4, -0.2) is 71.6 Å². The van der Waals surface area contributed by atoms with Gasteiger partial charge in [-0.25, -0.2) is 4.98 Å². The van der Waals surface area contributed by atoms with Crippen molar-refractivity contribution in [3.8, 4) is 11.4 Å². The number of aromatic nitrogens is 2. The van der Waals surface area contributed by atoms with Crippen LogP contribution in [0.5, 0.6) is 5.75 Å². The van der Waals surface area contributed by atoms with Crippen LogP contribution in [0, 0.1) is 6.92 Å². The number of hydrogen-bond donors (Lipinski definition) is 0. The van der Waals surface area contributed by atoms with E-state index in [-0.39, 0.29) is 0 Å². The summed E-state index contributed by atoms with van der Waals surface area (Å²) in [7, 11) is 3.86. The average molecular weight is 410 g/mol. The molecule has 0 spiro atoms. The van der Waals surface area contributed by atoms with Crippen molar-refractivity contribution in [3.05, 3.63) is 47.6 Å². The fourth-order valence-corrected chi connectivity index (χ4v) is 4.11. The van der Waals surface area contributed by atoms with Gasteiger partial charge in [-0.3, -0.25) is 0 Å². The molecule has 0 amide bonds. The van der Waals surface area contributed by atoms with Crippen LogP contribution < -0.4 is 4.74 Å². The highest BCUT2D eigenvalue weighted by molar-refractivity contribution is 6.02. The maximum atomic E-state index is 5.67. The Balaban J connectivity index is 1.60. The minimum Gasteiger partial charge on any atom is -0.495 e. The third-order valence-corrected chi connectivity index (χ3v) is 5.86. The van der Waals surface area contributed by atoms with Gasteiger partial charge in [0.05, 0.1) is 30.9 Å². The molecular formula is C23H31N5O2. The Morgan fingerprint density at radius 2 is 2.23 bits per heavy atom. The van der Waals surface area contributed by atoms with Gasteiger partial charge in [0.1, 0.15) is 12.4 Å². The smallest absolute Gasteiger partial charge is 0.171 e. The number of likely N-dealkylation sites (N-methyl/N-ethyl adjacent to an activating group) is 1. The molecule has 1 aromatic carbocycles. The number of amidine groups is 1. The molecule has 7 heteroatoms. The lowest BCUT2D eigenvalue weighted by Crippen LogP contribution is -2.53. The van der Waals surface area contributed by atoms with E-state index in [1.807, 2.05) is 24.0 Å². The van der Waals surface area contributed by atoms with Gasteiger partial charge >= 0.3 is 0 Å². The summed E-state index contributed by atoms with van der Waals surface area (Å²) in [5, 5.41) is 4.44. The van der Waals surface area contributed by atoms with Crippen molar-refractivity contribution in [1.82, 2.24) is 19.4 Å². The summed E-state index contributed by atoms with van der Waals surface area (Å²) >= 11 is 0. The predicted octanol–water partition coefficient (Wildman–Crippen LogP) is 3.33. The van der Waals surface area contributed by atoms with E-state index in [9.17, 15) is 0 Å². The first-order valence-corrected chi connectivity index (χ1v) is 10.6. The maximum absolute atomic E-state index is 5.67. The number of nitrogens with zero attached hydrogens (tertiary/aromatic N) is 5. The second-order valence-electron chi connectivity index (χ2n) is 8.04. The van der Waals surface area contributed by atoms with Crippen molar-refractivity contribution in [1.29, 1.82) is 0 Å². The van der Waals surface area contributed by atoms with Crippen molar-refractivity contribution < 1.29 is 9.57 Å². The Hall–Kier alpha value is -2.80. The molecule has 3 heterocycles. The molecule has 1 unspecified atom stereocenters. The molecule has 0 bridgehead atoms. The summed E-state index contributed by atoms with van der Waals surface area (Å²) < 4.78 is 7.66. The molecule has 2 aliphatic heterocycles. The number of fused-ring (bicyclic) bond motifs is 1. The lowest BCUT2D eigenvalue weighted by atomic mass is 9.98. The summed E-state index contributed by atoms with van der Waals surface area (Å²) in [4.78, 5) is 14.7. The monoisotopic (exact) mass is 409 g/mol. The fraction of sp³-hybridized carbons (Fsp3) is 0.478. The Kier molecular flexibility index (Phi) is 6.08. The molecule has 30 heavy (non-hydrogen) atoms. The van der Waals surface area contributed by atoms with Crippen LogP contribution in [-0.2, 0) is 4.84 Å². The Bertz CT molecular complexity index is 949. The van der Waals surface area contributed by atoms with E-state index < -0.39 is 0 Å². The first-order chi connectivity index (χ1) is 14.6. The lowest BCUT2D eigenvalue weighted by molar-refractivity contribution is 0.0451. The van der Waals surface area contributed by atoms with Crippen LogP contribution >= 0.6 is 0 Å². The summed E-state index contributed by atoms with van der Waals surface area (Å²) in [6, 6.07) is 6.60. The molecule has 2 aliphatic rings. The van der Waals surface area contributed by atoms with Crippen LogP contribution in [0.1, 0.15) is 31.0 Å². The zero-order valence-electron chi connectivity index (χ0n) is 18.3. The van der Waals surface area contributed by atoms with Crippen LogP contribution in [0.3, 0.4) is 0 Å². The zero-order chi connectivity index (χ0) is 21.1. The molecular weight excluding hydrogens is 378 g/mol. The number of methoxy groups -OCH3 is 1. The number of ether oxygens (including phenoxy) is 1. The van der Waals surface area contributed by atoms with Gasteiger partial charge in [0.2, 0.25) is 0 Å². The van der Waals surface area contributed by atoms with Gasteiger partial charge in [-0.15, -0.1) is 0 Å². The minimum absolute atomic E-state index is 0.340. The van der Waals surface area contributed by atoms with Crippen molar-refractivity contribution in [2.45, 2.75) is 32.7 Å². The quantitative estimate of drug-likeness (QED) is 0.733. The summed E-state index contributed by atoms with van der Waals surface area (Å²) in [5.74, 6) is 1.80. The van der Waals surface area contributed by atoms with E-state index in [2.05, 4.69) is 58.2 Å². The third-order valence-electron chi connectivity index (χ3n) is 5.86. The van der Waals surface area contributed by atoms with Gasteiger partial charge in [0, 0.05) is 19.3 Å². The molecule has 1 atom stereocenters. The van der Waals surface area contributed by atoms with Crippen molar-refractivity contribution >= 4 is 11.9 Å². The molecule has 0 saturated carbocycles. The van der Waals surface area contributed by atoms with E-state index in [4.69, 9.17) is 9.57 Å². The molecule has 1 saturated heterocycles. The van der Waals surface area contributed by atoms with Gasteiger partial charge in [0.25, 0.3) is 0 Å². The van der Waals surface area contributed by atoms with Crippen LogP contribution in [0.25, 0.3) is 11.8 Å². The van der Waals surface area contributed by atoms with Crippen molar-refractivity contribution in [3.63, 3.8) is 0 Å². The van der Waals surface area contributed by atoms with Gasteiger partial charge < -0.3 is 23.9 Å². The number of rotatable bonds is 6. The molecule has 0 radical (unpaired) electrons. The van der Waals surface area contributed by atoms with Gasteiger partial charge in [-0.2, -0.15) is 0 Å². The highest BCUT2D eigenvalue weighted by Gasteiger charge is 2.32. The first-order valence-electron chi connectivity index (χ1n) is 10.6. The third kappa shape index (κ3) is 4.21. The first kappa shape index (κ1) is 20.5. The van der Waals surface area contributed by atoms with E-state index in [1.165, 1.54) is 5.57 Å². The maximum Gasteiger partial charge on any atom is 0.171 e. The molecule has 160 valence electrons. The SMILES string of the molecule is CCN(C)CC1CON=C2/C(=C/c3ccc(-n4cnc(C)c4)c(OC)c3)CCCN21. The largest absolute Gasteiger partial charge is 0.495 e. The van der Waals surface area contributed by atoms with E-state index >= 15 is 0 Å². The number of oxime groups is 1. The van der Waals surface area contributed by atoms with E-state index in [0.717, 1.165) is 61.0 Å². The number of imidazole rings is 1. The van der Waals surface area contributed by atoms with Gasteiger partial charge in [-0.1, -0.05) is 18.1 Å². The fourth-order valence-electron chi connectivity index (χ4n) is 4.11. The predicted molar refractivity (Wildman–Crippen MR) is 119 cm³/mol. The van der Waals surface area contributed by atoms with Gasteiger partial charge in [0.15, 0.2) is 5.84 Å². The standard InChI is InChI=1S/C23H31N5O2/c1-5-26(3)14-20-15-30-25-23-19(7-6-10-28(20)23)11-18-8-9-21(22(12-18)29-4)27-13-17(2)24-16-27/h8-9,11-13,16,20H,5-7,10,14-15H2,1-4H3/b19-11+. The lowest BCUT2D eigenvalue weighted by Gasteiger charge is -2.41. The van der Waals surface area contributed by atoms with Crippen molar-refractivity contribution in [2.75, 3.05) is 40.4 Å². The average Bonchev–Trinajstić information content (AvgIpc) is 3.20. The molecule has 1 aromatic heterocycles. The molecule has 4 rings (SSSR count). The molecule has 0 N–H and O–H groups in total. The molecule has 2 aromatic rings. The van der Waals surface area contributed by atoms with Crippen molar-refractivity contribution in [2.24, 2.45) is 5.16 Å². The zero-order valence-corrected chi connectivity index (χ0v) is 18.3. The van der Waals surface area contributed by atoms with E-state index in [1.54, 1.807) is 7.11 Å². The molecule has 7 nitrogen and oxygen atoms in total.